The highest BCUT2D eigenvalue weighted by Crippen LogP contribution is 2.30. The second kappa shape index (κ2) is 10.7. The van der Waals surface area contributed by atoms with Crippen LogP contribution in [0.4, 0.5) is 5.82 Å². The molecule has 0 fully saturated rings. The molecule has 0 saturated heterocycles. The van der Waals surface area contributed by atoms with Crippen molar-refractivity contribution in [3.8, 4) is 5.69 Å². The number of fused-ring (bicyclic) bond motifs is 1. The Hall–Kier alpha value is -3.20. The normalized spacial score (nSPS) is 12.3. The number of amides is 1. The number of rotatable bonds is 8. The molecule has 1 N–H and O–H groups in total. The lowest BCUT2D eigenvalue weighted by molar-refractivity contribution is -0.116. The molecular formula is C28H31ClN4O3S. The van der Waals surface area contributed by atoms with E-state index in [0.717, 1.165) is 11.1 Å². The Morgan fingerprint density at radius 3 is 2.41 bits per heavy atom. The highest BCUT2D eigenvalue weighted by atomic mass is 35.5. The average Bonchev–Trinajstić information content (AvgIpc) is 3.27. The molecule has 4 aromatic rings. The van der Waals surface area contributed by atoms with Crippen LogP contribution in [-0.2, 0) is 20.2 Å². The molecule has 0 aliphatic rings. The first-order valence-electron chi connectivity index (χ1n) is 12.2. The summed E-state index contributed by atoms with van der Waals surface area (Å²) < 4.78 is 30.2. The van der Waals surface area contributed by atoms with Crippen molar-refractivity contribution in [2.75, 3.05) is 18.4 Å². The van der Waals surface area contributed by atoms with Crippen LogP contribution in [0.15, 0.2) is 77.7 Å². The van der Waals surface area contributed by atoms with Crippen LogP contribution in [0.2, 0.25) is 5.02 Å². The highest BCUT2D eigenvalue weighted by Gasteiger charge is 2.29. The summed E-state index contributed by atoms with van der Waals surface area (Å²) in [5.41, 5.74) is 1.10. The van der Waals surface area contributed by atoms with Crippen molar-refractivity contribution in [2.24, 2.45) is 0 Å². The van der Waals surface area contributed by atoms with E-state index in [0.29, 0.717) is 28.3 Å². The van der Waals surface area contributed by atoms with E-state index < -0.39 is 15.9 Å². The first-order chi connectivity index (χ1) is 17.5. The topological polar surface area (TPSA) is 84.3 Å². The average molecular weight is 539 g/mol. The summed E-state index contributed by atoms with van der Waals surface area (Å²) in [6.07, 6.45) is 0.559. The number of carbonyl (C=O) groups is 1. The highest BCUT2D eigenvalue weighted by molar-refractivity contribution is 7.89. The van der Waals surface area contributed by atoms with Crippen LogP contribution < -0.4 is 5.32 Å². The molecule has 0 spiro atoms. The van der Waals surface area contributed by atoms with E-state index in [2.05, 4.69) is 5.32 Å². The van der Waals surface area contributed by atoms with Crippen LogP contribution in [0, 0.1) is 0 Å². The van der Waals surface area contributed by atoms with Crippen LogP contribution in [0.1, 0.15) is 39.8 Å². The molecule has 37 heavy (non-hydrogen) atoms. The summed E-state index contributed by atoms with van der Waals surface area (Å²) in [6.45, 7) is 7.83. The Labute approximate surface area is 223 Å². The predicted molar refractivity (Wildman–Crippen MR) is 149 cm³/mol. The molecule has 0 saturated carbocycles. The summed E-state index contributed by atoms with van der Waals surface area (Å²) in [5.74, 6) is -0.0482. The summed E-state index contributed by atoms with van der Waals surface area (Å²) in [4.78, 5) is 13.5. The van der Waals surface area contributed by atoms with Gasteiger partial charge >= 0.3 is 0 Å². The van der Waals surface area contributed by atoms with Gasteiger partial charge in [-0.2, -0.15) is 9.40 Å². The van der Waals surface area contributed by atoms with Crippen molar-refractivity contribution in [2.45, 2.75) is 44.4 Å². The minimum Gasteiger partial charge on any atom is -0.309 e. The smallest absolute Gasteiger partial charge is 0.244 e. The van der Waals surface area contributed by atoms with Gasteiger partial charge in [-0.25, -0.2) is 13.1 Å². The van der Waals surface area contributed by atoms with Gasteiger partial charge in [-0.3, -0.25) is 4.79 Å². The van der Waals surface area contributed by atoms with Crippen LogP contribution in [-0.4, -0.2) is 41.5 Å². The van der Waals surface area contributed by atoms with Crippen molar-refractivity contribution < 1.29 is 13.2 Å². The van der Waals surface area contributed by atoms with Crippen LogP contribution in [0.5, 0.6) is 0 Å². The lowest BCUT2D eigenvalue weighted by Gasteiger charge is -2.22. The first kappa shape index (κ1) is 26.9. The van der Waals surface area contributed by atoms with Crippen LogP contribution in [0.25, 0.3) is 16.5 Å². The number of sulfonamides is 1. The SMILES string of the molecule is CCCN(CC(=O)Nc1cc(C(C)(C)C)nn1-c1ccccc1Cl)S(=O)(=O)c1cccc2ccccc12. The first-order valence-corrected chi connectivity index (χ1v) is 14.0. The van der Waals surface area contributed by atoms with Gasteiger partial charge in [0.1, 0.15) is 5.82 Å². The molecule has 1 aromatic heterocycles. The summed E-state index contributed by atoms with van der Waals surface area (Å²) in [7, 11) is -3.94. The fourth-order valence-corrected chi connectivity index (χ4v) is 6.00. The third-order valence-corrected chi connectivity index (χ3v) is 8.21. The molecule has 9 heteroatoms. The number of nitrogens with one attached hydrogen (secondary N) is 1. The molecule has 1 amide bonds. The molecule has 0 bridgehead atoms. The largest absolute Gasteiger partial charge is 0.309 e. The van der Waals surface area contributed by atoms with Crippen molar-refractivity contribution in [3.63, 3.8) is 0 Å². The fourth-order valence-electron chi connectivity index (χ4n) is 4.08. The summed E-state index contributed by atoms with van der Waals surface area (Å²) in [5, 5.41) is 9.50. The molecule has 0 radical (unpaired) electrons. The third kappa shape index (κ3) is 5.71. The molecule has 0 aliphatic carbocycles. The molecule has 3 aromatic carbocycles. The van der Waals surface area contributed by atoms with E-state index in [1.165, 1.54) is 4.31 Å². The third-order valence-electron chi connectivity index (χ3n) is 5.99. The quantitative estimate of drug-likeness (QED) is 0.297. The van der Waals surface area contributed by atoms with Crippen molar-refractivity contribution in [3.05, 3.63) is 83.5 Å². The summed E-state index contributed by atoms with van der Waals surface area (Å²) in [6, 6.07) is 21.5. The zero-order chi connectivity index (χ0) is 26.8. The van der Waals surface area contributed by atoms with Gasteiger partial charge in [-0.05, 0) is 30.0 Å². The van der Waals surface area contributed by atoms with Gasteiger partial charge in [0.25, 0.3) is 0 Å². The molecular weight excluding hydrogens is 508 g/mol. The number of carbonyl (C=O) groups excluding carboxylic acids is 1. The second-order valence-electron chi connectivity index (χ2n) is 9.89. The predicted octanol–water partition coefficient (Wildman–Crippen LogP) is 6.02. The molecule has 4 rings (SSSR count). The number of nitrogens with zero attached hydrogens (tertiary/aromatic N) is 3. The molecule has 0 unspecified atom stereocenters. The standard InChI is InChI=1S/C28H31ClN4O3S/c1-5-17-32(37(35,36)24-16-10-12-20-11-6-7-13-21(20)24)19-27(34)30-26-18-25(28(2,3)4)31-33(26)23-15-9-8-14-22(23)29/h6-16,18H,5,17,19H2,1-4H3,(H,30,34). The molecule has 0 atom stereocenters. The maximum absolute atomic E-state index is 13.7. The van der Waals surface area contributed by atoms with E-state index in [4.69, 9.17) is 16.7 Å². The second-order valence-corrected chi connectivity index (χ2v) is 12.2. The van der Waals surface area contributed by atoms with Gasteiger partial charge in [-0.1, -0.05) is 87.8 Å². The van der Waals surface area contributed by atoms with Gasteiger partial charge in [0, 0.05) is 23.4 Å². The Morgan fingerprint density at radius 1 is 1.03 bits per heavy atom. The Bertz CT molecular complexity index is 1540. The van der Waals surface area contributed by atoms with Gasteiger partial charge in [0.15, 0.2) is 0 Å². The number of hydrogen-bond acceptors (Lipinski definition) is 4. The summed E-state index contributed by atoms with van der Waals surface area (Å²) >= 11 is 6.43. The van der Waals surface area contributed by atoms with Crippen molar-refractivity contribution >= 4 is 44.1 Å². The molecule has 194 valence electrons. The maximum Gasteiger partial charge on any atom is 0.244 e. The Kier molecular flexibility index (Phi) is 7.73. The maximum atomic E-state index is 13.7. The monoisotopic (exact) mass is 538 g/mol. The number of aromatic nitrogens is 2. The zero-order valence-corrected chi connectivity index (χ0v) is 23.0. The minimum absolute atomic E-state index is 0.183. The number of para-hydroxylation sites is 1. The number of hydrogen-bond donors (Lipinski definition) is 1. The van der Waals surface area contributed by atoms with Crippen LogP contribution in [0.3, 0.4) is 0 Å². The lowest BCUT2D eigenvalue weighted by Crippen LogP contribution is -2.38. The zero-order valence-electron chi connectivity index (χ0n) is 21.4. The van der Waals surface area contributed by atoms with Gasteiger partial charge < -0.3 is 5.32 Å². The van der Waals surface area contributed by atoms with Gasteiger partial charge in [0.05, 0.1) is 27.8 Å². The van der Waals surface area contributed by atoms with E-state index in [1.807, 2.05) is 64.1 Å². The van der Waals surface area contributed by atoms with Gasteiger partial charge in [-0.15, -0.1) is 0 Å². The van der Waals surface area contributed by atoms with E-state index in [9.17, 15) is 13.2 Å². The van der Waals surface area contributed by atoms with E-state index in [1.54, 1.807) is 41.1 Å². The Balaban J connectivity index is 1.67. The number of benzene rings is 3. The van der Waals surface area contributed by atoms with E-state index >= 15 is 0 Å². The van der Waals surface area contributed by atoms with Crippen molar-refractivity contribution in [1.29, 1.82) is 0 Å². The molecule has 7 nitrogen and oxygen atoms in total. The lowest BCUT2D eigenvalue weighted by atomic mass is 9.92. The minimum atomic E-state index is -3.94. The van der Waals surface area contributed by atoms with Crippen molar-refractivity contribution in [1.82, 2.24) is 14.1 Å². The molecule has 1 heterocycles. The number of halogens is 1. The van der Waals surface area contributed by atoms with E-state index in [-0.39, 0.29) is 23.4 Å². The van der Waals surface area contributed by atoms with Crippen LogP contribution >= 0.6 is 11.6 Å². The van der Waals surface area contributed by atoms with Gasteiger partial charge in [0.2, 0.25) is 15.9 Å². The molecule has 0 aliphatic heterocycles. The fraction of sp³-hybridized carbons (Fsp3) is 0.286. The number of anilines is 1. The Morgan fingerprint density at radius 2 is 1.70 bits per heavy atom.